The van der Waals surface area contributed by atoms with Gasteiger partial charge in [0.1, 0.15) is 0 Å². The van der Waals surface area contributed by atoms with Gasteiger partial charge >= 0.3 is 6.18 Å². The van der Waals surface area contributed by atoms with Crippen LogP contribution in [0.25, 0.3) is 0 Å². The van der Waals surface area contributed by atoms with Crippen LogP contribution in [0.4, 0.5) is 24.7 Å². The number of carbonyl (C=O) groups is 5. The van der Waals surface area contributed by atoms with Crippen LogP contribution < -0.4 is 15.1 Å². The molecule has 16 heteroatoms. The third kappa shape index (κ3) is 6.65. The summed E-state index contributed by atoms with van der Waals surface area (Å²) in [7, 11) is 0. The van der Waals surface area contributed by atoms with Gasteiger partial charge in [-0.1, -0.05) is 89.4 Å². The average molecular weight is 896 g/mol. The maximum absolute atomic E-state index is 15.5. The third-order valence-corrected chi connectivity index (χ3v) is 13.2. The van der Waals surface area contributed by atoms with Gasteiger partial charge in [0.05, 0.1) is 46.0 Å². The Morgan fingerprint density at radius 2 is 1.59 bits per heavy atom. The zero-order valence-corrected chi connectivity index (χ0v) is 34.6. The van der Waals surface area contributed by atoms with Crippen molar-refractivity contribution in [3.63, 3.8) is 0 Å². The van der Waals surface area contributed by atoms with Gasteiger partial charge in [-0.25, -0.2) is 4.98 Å². The summed E-state index contributed by atoms with van der Waals surface area (Å²) >= 11 is 12.7. The van der Waals surface area contributed by atoms with Gasteiger partial charge in [-0.05, 0) is 79.8 Å². The highest BCUT2D eigenvalue weighted by Gasteiger charge is 2.71. The molecule has 4 aliphatic rings. The first kappa shape index (κ1) is 41.8. The number of phenols is 1. The molecule has 1 saturated carbocycles. The topological polar surface area (TPSA) is 146 Å². The quantitative estimate of drug-likeness (QED) is 0.0842. The maximum Gasteiger partial charge on any atom is 0.417 e. The fourth-order valence-electron chi connectivity index (χ4n) is 9.94. The lowest BCUT2D eigenvalue weighted by Gasteiger charge is -2.50. The van der Waals surface area contributed by atoms with E-state index in [0.29, 0.717) is 44.6 Å². The molecule has 0 spiro atoms. The first-order valence-electron chi connectivity index (χ1n) is 20.0. The summed E-state index contributed by atoms with van der Waals surface area (Å²) in [5.74, 6) is -8.73. The van der Waals surface area contributed by atoms with Crippen molar-refractivity contribution in [3.8, 4) is 11.5 Å². The number of aromatic hydroxyl groups is 1. The molecule has 2 saturated heterocycles. The minimum Gasteiger partial charge on any atom is -0.504 e. The Morgan fingerprint density at radius 3 is 2.25 bits per heavy atom. The normalized spacial score (nSPS) is 24.2. The zero-order valence-electron chi connectivity index (χ0n) is 33.1. The largest absolute Gasteiger partial charge is 0.504 e. The second-order valence-electron chi connectivity index (χ2n) is 15.8. The van der Waals surface area contributed by atoms with Crippen LogP contribution >= 0.6 is 23.2 Å². The number of imide groups is 2. The number of pyridine rings is 1. The van der Waals surface area contributed by atoms with Crippen LogP contribution in [0.5, 0.6) is 11.5 Å². The minimum atomic E-state index is -4.78. The number of rotatable bonds is 9. The molecule has 0 bridgehead atoms. The Hall–Kier alpha value is -6.51. The standard InChI is InChI=1S/C47H35Cl2F3N4O7/c1-2-63-36-10-6-9-32(40(36)58)38-30-19-20-31-37(44(61)55(42(31)59)29-17-11-25(12-18-29)39(57)24-7-4-3-5-8-24)33(30)22-34-43(60)56(45(62)46(34,38)26-13-15-28(48)16-14-26)54-41-35(49)21-27(23-53-41)47(50,51)52/h3-19,21,23,31,33-34,37-38,58H,2,20,22H2,1H3,(H,53,54). The van der Waals surface area contributed by atoms with Gasteiger partial charge in [0.25, 0.3) is 11.8 Å². The lowest BCUT2D eigenvalue weighted by molar-refractivity contribution is -0.139. The molecule has 11 nitrogen and oxygen atoms in total. The number of carbonyl (C=O) groups excluding carboxylic acids is 5. The van der Waals surface area contributed by atoms with E-state index in [2.05, 4.69) is 10.4 Å². The molecular weight excluding hydrogens is 860 g/mol. The molecule has 63 heavy (non-hydrogen) atoms. The van der Waals surface area contributed by atoms with Crippen LogP contribution in [0, 0.1) is 23.7 Å². The number of anilines is 2. The van der Waals surface area contributed by atoms with Gasteiger partial charge in [-0.15, -0.1) is 0 Å². The van der Waals surface area contributed by atoms with Crippen molar-refractivity contribution < 1.29 is 47.0 Å². The monoisotopic (exact) mass is 894 g/mol. The van der Waals surface area contributed by atoms with Crippen molar-refractivity contribution in [1.29, 1.82) is 0 Å². The molecule has 4 amide bonds. The molecule has 4 aromatic carbocycles. The number of nitrogens with zero attached hydrogens (tertiary/aromatic N) is 3. The van der Waals surface area contributed by atoms with Crippen molar-refractivity contribution in [3.05, 3.63) is 159 Å². The van der Waals surface area contributed by atoms with E-state index < -0.39 is 81.2 Å². The number of fused-ring (bicyclic) bond motifs is 4. The Balaban J connectivity index is 1.17. The van der Waals surface area contributed by atoms with Crippen molar-refractivity contribution in [1.82, 2.24) is 9.99 Å². The lowest BCUT2D eigenvalue weighted by Crippen LogP contribution is -2.53. The summed E-state index contributed by atoms with van der Waals surface area (Å²) in [4.78, 5) is 77.8. The van der Waals surface area contributed by atoms with Crippen LogP contribution in [-0.2, 0) is 30.8 Å². The smallest absolute Gasteiger partial charge is 0.417 e. The van der Waals surface area contributed by atoms with Crippen LogP contribution in [0.15, 0.2) is 121 Å². The lowest BCUT2D eigenvalue weighted by atomic mass is 9.49. The molecule has 1 aromatic heterocycles. The van der Waals surface area contributed by atoms with Crippen LogP contribution in [-0.4, -0.2) is 51.1 Å². The summed E-state index contributed by atoms with van der Waals surface area (Å²) in [6, 6.07) is 26.5. The van der Waals surface area contributed by atoms with Crippen molar-refractivity contribution in [2.45, 2.75) is 37.3 Å². The highest BCUT2D eigenvalue weighted by molar-refractivity contribution is 6.33. The fourth-order valence-corrected chi connectivity index (χ4v) is 10.3. The molecule has 5 aromatic rings. The summed E-state index contributed by atoms with van der Waals surface area (Å²) < 4.78 is 46.5. The van der Waals surface area contributed by atoms with Crippen LogP contribution in [0.3, 0.4) is 0 Å². The van der Waals surface area contributed by atoms with Gasteiger partial charge in [0.15, 0.2) is 23.1 Å². The van der Waals surface area contributed by atoms with E-state index in [0.717, 1.165) is 4.90 Å². The van der Waals surface area contributed by atoms with Crippen molar-refractivity contribution >= 4 is 64.1 Å². The molecule has 2 N–H and O–H groups in total. The Morgan fingerprint density at radius 1 is 0.889 bits per heavy atom. The summed E-state index contributed by atoms with van der Waals surface area (Å²) in [5.41, 5.74) is 1.67. The number of ether oxygens (including phenoxy) is 1. The van der Waals surface area contributed by atoms with Gasteiger partial charge in [0, 0.05) is 33.8 Å². The molecule has 0 radical (unpaired) electrons. The van der Waals surface area contributed by atoms with Crippen molar-refractivity contribution in [2.24, 2.45) is 23.7 Å². The van der Waals surface area contributed by atoms with E-state index in [4.69, 9.17) is 27.9 Å². The molecule has 6 unspecified atom stereocenters. The number of hydrazine groups is 1. The Bertz CT molecular complexity index is 2750. The molecule has 2 aliphatic heterocycles. The maximum atomic E-state index is 15.5. The average Bonchev–Trinajstić information content (AvgIpc) is 3.65. The number of benzene rings is 4. The second-order valence-corrected chi connectivity index (χ2v) is 16.6. The van der Waals surface area contributed by atoms with Gasteiger partial charge < -0.3 is 9.84 Å². The number of ketones is 1. The minimum absolute atomic E-state index is 0.0705. The van der Waals surface area contributed by atoms with E-state index >= 15 is 9.59 Å². The number of hydrogen-bond acceptors (Lipinski definition) is 9. The number of para-hydroxylation sites is 1. The first-order chi connectivity index (χ1) is 30.2. The molecule has 3 fully saturated rings. The number of alkyl halides is 3. The van der Waals surface area contributed by atoms with Gasteiger partial charge in [-0.3, -0.25) is 34.3 Å². The van der Waals surface area contributed by atoms with Crippen LogP contribution in [0.2, 0.25) is 10.0 Å². The zero-order chi connectivity index (χ0) is 44.5. The number of halogens is 5. The molecule has 320 valence electrons. The van der Waals surface area contributed by atoms with Gasteiger partial charge in [-0.2, -0.15) is 18.2 Å². The SMILES string of the molecule is CCOc1cccc(C2C3=CCC4C(=O)N(c5ccc(C(=O)c6ccccc6)cc5)C(=O)C4C3CC3C(=O)N(Nc4ncc(C(F)(F)F)cc4Cl)C(=O)C32c2ccc(Cl)cc2)c1O. The Labute approximate surface area is 368 Å². The number of allylic oxidation sites excluding steroid dienone is 2. The van der Waals surface area contributed by atoms with Crippen LogP contribution in [0.1, 0.15) is 58.3 Å². The molecule has 2 aliphatic carbocycles. The fraction of sp³-hybridized carbons (Fsp3) is 0.234. The highest BCUT2D eigenvalue weighted by atomic mass is 35.5. The number of nitrogens with one attached hydrogen (secondary N) is 1. The van der Waals surface area contributed by atoms with E-state index in [1.165, 1.54) is 12.1 Å². The van der Waals surface area contributed by atoms with E-state index in [9.17, 15) is 32.7 Å². The second kappa shape index (κ2) is 15.7. The molecule has 9 rings (SSSR count). The predicted molar refractivity (Wildman–Crippen MR) is 225 cm³/mol. The summed E-state index contributed by atoms with van der Waals surface area (Å²) in [6.45, 7) is 1.90. The molecule has 3 heterocycles. The Kier molecular flexibility index (Phi) is 10.4. The molecule has 6 atom stereocenters. The predicted octanol–water partition coefficient (Wildman–Crippen LogP) is 8.93. The van der Waals surface area contributed by atoms with E-state index in [1.807, 2.05) is 0 Å². The number of aromatic nitrogens is 1. The van der Waals surface area contributed by atoms with Gasteiger partial charge in [0.2, 0.25) is 11.8 Å². The molecular formula is C47H35Cl2F3N4O7. The van der Waals surface area contributed by atoms with E-state index in [-0.39, 0.29) is 48.0 Å². The van der Waals surface area contributed by atoms with Crippen molar-refractivity contribution in [2.75, 3.05) is 16.9 Å². The summed E-state index contributed by atoms with van der Waals surface area (Å²) in [6.07, 6.45) is -2.53. The number of hydrogen-bond donors (Lipinski definition) is 2. The number of amides is 4. The van der Waals surface area contributed by atoms with E-state index in [1.54, 1.807) is 97.9 Å². The third-order valence-electron chi connectivity index (χ3n) is 12.6. The highest BCUT2D eigenvalue weighted by Crippen LogP contribution is 2.65. The first-order valence-corrected chi connectivity index (χ1v) is 20.8. The summed E-state index contributed by atoms with van der Waals surface area (Å²) in [5, 5.41) is 12.5. The number of phenolic OH excluding ortho intramolecular Hbond substituents is 1.